The number of alkyl halides is 2. The van der Waals surface area contributed by atoms with E-state index in [1.165, 1.54) is 12.3 Å². The lowest BCUT2D eigenvalue weighted by atomic mass is 9.85. The first-order chi connectivity index (χ1) is 19.7. The molecule has 1 aromatic carbocycles. The number of nitrogens with one attached hydrogen (secondary N) is 2. The number of carbonyl (C=O) groups excluding carboxylic acids is 2. The van der Waals surface area contributed by atoms with E-state index >= 15 is 0 Å². The maximum absolute atomic E-state index is 13.6. The van der Waals surface area contributed by atoms with Gasteiger partial charge in [0.25, 0.3) is 18.2 Å². The third-order valence-corrected chi connectivity index (χ3v) is 7.42. The Hall–Kier alpha value is -4.16. The zero-order chi connectivity index (χ0) is 29.1. The number of carbonyl (C=O) groups is 2. The molecule has 3 heterocycles. The Morgan fingerprint density at radius 2 is 1.78 bits per heavy atom. The van der Waals surface area contributed by atoms with E-state index in [1.54, 1.807) is 21.3 Å². The van der Waals surface area contributed by atoms with Crippen LogP contribution in [0.25, 0.3) is 16.7 Å². The van der Waals surface area contributed by atoms with E-state index in [1.807, 2.05) is 24.3 Å². The van der Waals surface area contributed by atoms with Gasteiger partial charge in [0.2, 0.25) is 0 Å². The number of pyridine rings is 2. The SMILES string of the molecule is O=C(CO)Nc1ccc(-n2c(=O)n(C[C@H]3CC[C@H](NC(=O)c4cc(Cl)cnc4C(F)F)CC3)c3ccccc32)cn1. The highest BCUT2D eigenvalue weighted by atomic mass is 35.5. The summed E-state index contributed by atoms with van der Waals surface area (Å²) in [7, 11) is 0. The molecule has 0 spiro atoms. The van der Waals surface area contributed by atoms with Gasteiger partial charge in [0.05, 0.1) is 33.5 Å². The number of aliphatic hydroxyl groups excluding tert-OH is 1. The topological polar surface area (TPSA) is 131 Å². The van der Waals surface area contributed by atoms with Crippen molar-refractivity contribution in [1.29, 1.82) is 0 Å². The van der Waals surface area contributed by atoms with Crippen molar-refractivity contribution in [3.63, 3.8) is 0 Å². The van der Waals surface area contributed by atoms with E-state index in [-0.39, 0.29) is 34.1 Å². The van der Waals surface area contributed by atoms with Gasteiger partial charge >= 0.3 is 5.69 Å². The number of halogens is 3. The van der Waals surface area contributed by atoms with Crippen LogP contribution in [-0.2, 0) is 11.3 Å². The summed E-state index contributed by atoms with van der Waals surface area (Å²) < 4.78 is 30.0. The number of benzene rings is 1. The highest BCUT2D eigenvalue weighted by molar-refractivity contribution is 6.30. The second-order valence-electron chi connectivity index (χ2n) is 9.90. The Morgan fingerprint density at radius 1 is 1.05 bits per heavy atom. The molecule has 41 heavy (non-hydrogen) atoms. The number of aromatic nitrogens is 4. The first-order valence-corrected chi connectivity index (χ1v) is 13.4. The number of hydrogen-bond acceptors (Lipinski definition) is 6. The molecule has 2 amide bonds. The number of nitrogens with zero attached hydrogens (tertiary/aromatic N) is 4. The molecule has 0 unspecified atom stereocenters. The number of amides is 2. The molecule has 1 aliphatic rings. The number of imidazole rings is 1. The van der Waals surface area contributed by atoms with Crippen molar-refractivity contribution >= 4 is 40.3 Å². The van der Waals surface area contributed by atoms with Crippen molar-refractivity contribution in [2.24, 2.45) is 5.92 Å². The normalized spacial score (nSPS) is 17.1. The predicted octanol–water partition coefficient (Wildman–Crippen LogP) is 4.09. The number of fused-ring (bicyclic) bond motifs is 1. The van der Waals surface area contributed by atoms with Gasteiger partial charge in [0.15, 0.2) is 0 Å². The van der Waals surface area contributed by atoms with Gasteiger partial charge in [-0.25, -0.2) is 18.6 Å². The number of aliphatic hydroxyl groups is 1. The second kappa shape index (κ2) is 12.1. The van der Waals surface area contributed by atoms with Crippen molar-refractivity contribution in [3.8, 4) is 5.69 Å². The lowest BCUT2D eigenvalue weighted by Gasteiger charge is -2.29. The summed E-state index contributed by atoms with van der Waals surface area (Å²) in [6.07, 6.45) is 2.40. The highest BCUT2D eigenvalue weighted by Crippen LogP contribution is 2.29. The molecule has 214 valence electrons. The van der Waals surface area contributed by atoms with Crippen LogP contribution in [0.4, 0.5) is 14.6 Å². The predicted molar refractivity (Wildman–Crippen MR) is 148 cm³/mol. The average molecular weight is 585 g/mol. The first-order valence-electron chi connectivity index (χ1n) is 13.1. The summed E-state index contributed by atoms with van der Waals surface area (Å²) in [6.45, 7) is -0.192. The minimum atomic E-state index is -2.90. The molecule has 1 aliphatic carbocycles. The van der Waals surface area contributed by atoms with Gasteiger partial charge in [-0.15, -0.1) is 0 Å². The monoisotopic (exact) mass is 584 g/mol. The minimum absolute atomic E-state index is 0.105. The van der Waals surface area contributed by atoms with Crippen molar-refractivity contribution < 1.29 is 23.5 Å². The van der Waals surface area contributed by atoms with Crippen LogP contribution in [0.1, 0.15) is 48.2 Å². The molecule has 1 fully saturated rings. The van der Waals surface area contributed by atoms with E-state index in [0.29, 0.717) is 30.6 Å². The maximum atomic E-state index is 13.6. The number of hydrogen-bond donors (Lipinski definition) is 3. The lowest BCUT2D eigenvalue weighted by molar-refractivity contribution is -0.118. The zero-order valence-electron chi connectivity index (χ0n) is 21.8. The molecule has 0 radical (unpaired) electrons. The van der Waals surface area contributed by atoms with Crippen LogP contribution >= 0.6 is 11.6 Å². The van der Waals surface area contributed by atoms with Crippen LogP contribution in [0.15, 0.2) is 59.7 Å². The van der Waals surface area contributed by atoms with E-state index in [9.17, 15) is 23.2 Å². The summed E-state index contributed by atoms with van der Waals surface area (Å²) in [5.41, 5.74) is 0.930. The van der Waals surface area contributed by atoms with E-state index in [0.717, 1.165) is 24.6 Å². The van der Waals surface area contributed by atoms with Gasteiger partial charge in [-0.2, -0.15) is 0 Å². The summed E-state index contributed by atoms with van der Waals surface area (Å²) in [4.78, 5) is 45.6. The van der Waals surface area contributed by atoms with Crippen molar-refractivity contribution in [2.45, 2.75) is 44.7 Å². The number of rotatable bonds is 8. The number of para-hydroxylation sites is 2. The van der Waals surface area contributed by atoms with Crippen LogP contribution < -0.4 is 16.3 Å². The maximum Gasteiger partial charge on any atom is 0.333 e. The molecule has 0 atom stereocenters. The minimum Gasteiger partial charge on any atom is -0.387 e. The fourth-order valence-corrected chi connectivity index (χ4v) is 5.38. The molecular formula is C28H27ClF2N6O4. The first kappa shape index (κ1) is 28.4. The molecule has 0 saturated heterocycles. The summed E-state index contributed by atoms with van der Waals surface area (Å²) in [6, 6.07) is 11.7. The second-order valence-corrected chi connectivity index (χ2v) is 10.3. The molecule has 3 aromatic heterocycles. The molecule has 1 saturated carbocycles. The van der Waals surface area contributed by atoms with Crippen molar-refractivity contribution in [1.82, 2.24) is 24.4 Å². The van der Waals surface area contributed by atoms with Crippen LogP contribution in [0.5, 0.6) is 0 Å². The average Bonchev–Trinajstić information content (AvgIpc) is 3.25. The molecule has 10 nitrogen and oxygen atoms in total. The lowest BCUT2D eigenvalue weighted by Crippen LogP contribution is -2.39. The van der Waals surface area contributed by atoms with Gasteiger partial charge in [0.1, 0.15) is 18.1 Å². The van der Waals surface area contributed by atoms with E-state index in [4.69, 9.17) is 16.7 Å². The Kier molecular flexibility index (Phi) is 8.41. The Balaban J connectivity index is 1.29. The van der Waals surface area contributed by atoms with Gasteiger partial charge in [0, 0.05) is 18.8 Å². The Morgan fingerprint density at radius 3 is 2.44 bits per heavy atom. The third-order valence-electron chi connectivity index (χ3n) is 7.21. The standard InChI is InChI=1S/C28H27ClF2N6O4/c29-17-11-20(25(26(30)31)33-12-17)27(40)34-18-7-5-16(6-8-18)14-36-21-3-1-2-4-22(21)37(28(36)41)19-9-10-23(32-13-19)35-24(39)15-38/h1-4,9-13,16,18,26,38H,5-8,14-15H2,(H,34,40)(H,32,35,39)/t16-,18-. The molecular weight excluding hydrogens is 558 g/mol. The molecule has 3 N–H and O–H groups in total. The Labute approximate surface area is 238 Å². The molecule has 0 aliphatic heterocycles. The van der Waals surface area contributed by atoms with Crippen LogP contribution in [0.2, 0.25) is 5.02 Å². The number of anilines is 1. The highest BCUT2D eigenvalue weighted by Gasteiger charge is 2.27. The molecule has 13 heteroatoms. The van der Waals surface area contributed by atoms with Gasteiger partial charge in [-0.1, -0.05) is 23.7 Å². The fraction of sp³-hybridized carbons (Fsp3) is 0.321. The smallest absolute Gasteiger partial charge is 0.333 e. The van der Waals surface area contributed by atoms with Crippen molar-refractivity contribution in [3.05, 3.63) is 81.6 Å². The van der Waals surface area contributed by atoms with E-state index in [2.05, 4.69) is 20.6 Å². The zero-order valence-corrected chi connectivity index (χ0v) is 22.5. The van der Waals surface area contributed by atoms with Crippen LogP contribution in [0, 0.1) is 5.92 Å². The molecule has 4 aromatic rings. The largest absolute Gasteiger partial charge is 0.387 e. The summed E-state index contributed by atoms with van der Waals surface area (Å²) >= 11 is 5.89. The van der Waals surface area contributed by atoms with E-state index < -0.39 is 30.5 Å². The Bertz CT molecular complexity index is 1630. The fourth-order valence-electron chi connectivity index (χ4n) is 5.23. The molecule has 5 rings (SSSR count). The van der Waals surface area contributed by atoms with Crippen LogP contribution in [-0.4, -0.2) is 48.7 Å². The third kappa shape index (κ3) is 6.13. The molecule has 0 bridgehead atoms. The van der Waals surface area contributed by atoms with Gasteiger partial charge < -0.3 is 15.7 Å². The summed E-state index contributed by atoms with van der Waals surface area (Å²) in [5, 5.41) is 14.3. The van der Waals surface area contributed by atoms with Gasteiger partial charge in [-0.05, 0) is 61.9 Å². The summed E-state index contributed by atoms with van der Waals surface area (Å²) in [5.74, 6) is -0.800. The van der Waals surface area contributed by atoms with Crippen LogP contribution in [0.3, 0.4) is 0 Å². The van der Waals surface area contributed by atoms with Gasteiger partial charge in [-0.3, -0.25) is 23.7 Å². The quantitative estimate of drug-likeness (QED) is 0.286. The van der Waals surface area contributed by atoms with Crippen molar-refractivity contribution in [2.75, 3.05) is 11.9 Å².